The summed E-state index contributed by atoms with van der Waals surface area (Å²) in [6.07, 6.45) is 3.53. The number of carbonyl (C=O) groups is 1. The highest BCUT2D eigenvalue weighted by atomic mass is 32.1. The van der Waals surface area contributed by atoms with E-state index in [4.69, 9.17) is 0 Å². The lowest BCUT2D eigenvalue weighted by Gasteiger charge is -2.11. The Bertz CT molecular complexity index is 797. The lowest BCUT2D eigenvalue weighted by atomic mass is 10.1. The lowest BCUT2D eigenvalue weighted by molar-refractivity contribution is 0.230. The van der Waals surface area contributed by atoms with E-state index in [2.05, 4.69) is 15.3 Å². The molecule has 23 heavy (non-hydrogen) atoms. The molecule has 5 nitrogen and oxygen atoms in total. The summed E-state index contributed by atoms with van der Waals surface area (Å²) in [6, 6.07) is 11.4. The third kappa shape index (κ3) is 3.54. The number of nitrogens with zero attached hydrogens (tertiary/aromatic N) is 3. The van der Waals surface area contributed by atoms with Gasteiger partial charge in [-0.1, -0.05) is 12.1 Å². The fraction of sp³-hybridized carbons (Fsp3) is 0.118. The number of pyridine rings is 1. The van der Waals surface area contributed by atoms with Gasteiger partial charge in [0.25, 0.3) is 0 Å². The van der Waals surface area contributed by atoms with Crippen molar-refractivity contribution >= 4 is 23.1 Å². The van der Waals surface area contributed by atoms with Gasteiger partial charge in [-0.15, -0.1) is 11.3 Å². The number of urea groups is 1. The van der Waals surface area contributed by atoms with Gasteiger partial charge in [-0.25, -0.2) is 9.78 Å². The topological polar surface area (TPSA) is 58.1 Å². The predicted molar refractivity (Wildman–Crippen MR) is 93.5 cm³/mol. The SMILES string of the molecule is CN(C)C(=O)Nc1ccc(-c2csc(-c3ccncc3)n2)cc1. The van der Waals surface area contributed by atoms with Crippen LogP contribution in [0, 0.1) is 0 Å². The molecule has 1 aromatic carbocycles. The molecule has 0 aliphatic rings. The maximum absolute atomic E-state index is 11.6. The zero-order chi connectivity index (χ0) is 16.2. The van der Waals surface area contributed by atoms with Crippen molar-refractivity contribution in [3.05, 3.63) is 54.2 Å². The molecule has 3 aromatic rings. The highest BCUT2D eigenvalue weighted by Crippen LogP contribution is 2.29. The van der Waals surface area contributed by atoms with Crippen LogP contribution in [0.15, 0.2) is 54.2 Å². The van der Waals surface area contributed by atoms with Crippen molar-refractivity contribution in [3.63, 3.8) is 0 Å². The van der Waals surface area contributed by atoms with E-state index in [0.717, 1.165) is 27.5 Å². The minimum absolute atomic E-state index is 0.147. The van der Waals surface area contributed by atoms with E-state index < -0.39 is 0 Å². The first-order valence-corrected chi connectivity index (χ1v) is 7.96. The Kier molecular flexibility index (Phi) is 4.34. The van der Waals surface area contributed by atoms with E-state index in [1.165, 1.54) is 4.90 Å². The van der Waals surface area contributed by atoms with E-state index in [1.54, 1.807) is 37.8 Å². The van der Waals surface area contributed by atoms with Gasteiger partial charge in [0.2, 0.25) is 0 Å². The summed E-state index contributed by atoms with van der Waals surface area (Å²) in [5.74, 6) is 0. The first-order valence-electron chi connectivity index (χ1n) is 7.08. The second-order valence-electron chi connectivity index (χ2n) is 5.18. The Labute approximate surface area is 138 Å². The van der Waals surface area contributed by atoms with Crippen LogP contribution in [0.5, 0.6) is 0 Å². The van der Waals surface area contributed by atoms with E-state index in [-0.39, 0.29) is 6.03 Å². The standard InChI is InChI=1S/C17H16N4OS/c1-21(2)17(22)19-14-5-3-12(4-6-14)15-11-23-16(20-15)13-7-9-18-10-8-13/h3-11H,1-2H3,(H,19,22). The molecule has 0 unspecified atom stereocenters. The van der Waals surface area contributed by atoms with E-state index in [1.807, 2.05) is 41.8 Å². The normalized spacial score (nSPS) is 10.3. The summed E-state index contributed by atoms with van der Waals surface area (Å²) in [5, 5.41) is 5.81. The largest absolute Gasteiger partial charge is 0.331 e. The molecule has 2 heterocycles. The van der Waals surface area contributed by atoms with E-state index in [9.17, 15) is 4.79 Å². The molecule has 6 heteroatoms. The molecule has 0 aliphatic heterocycles. The minimum Gasteiger partial charge on any atom is -0.331 e. The predicted octanol–water partition coefficient (Wildman–Crippen LogP) is 3.97. The summed E-state index contributed by atoms with van der Waals surface area (Å²) in [5.41, 5.74) is 3.76. The molecule has 0 saturated carbocycles. The monoisotopic (exact) mass is 324 g/mol. The third-order valence-corrected chi connectivity index (χ3v) is 4.16. The second kappa shape index (κ2) is 6.58. The van der Waals surface area contributed by atoms with Crippen LogP contribution in [0.2, 0.25) is 0 Å². The van der Waals surface area contributed by atoms with Crippen LogP contribution < -0.4 is 5.32 Å². The third-order valence-electron chi connectivity index (χ3n) is 3.27. The maximum Gasteiger partial charge on any atom is 0.321 e. The van der Waals surface area contributed by atoms with Gasteiger partial charge in [-0.3, -0.25) is 4.98 Å². The summed E-state index contributed by atoms with van der Waals surface area (Å²) < 4.78 is 0. The number of anilines is 1. The molecule has 2 amide bonds. The molecule has 0 atom stereocenters. The number of hydrogen-bond donors (Lipinski definition) is 1. The van der Waals surface area contributed by atoms with Crippen LogP contribution in [-0.2, 0) is 0 Å². The quantitative estimate of drug-likeness (QED) is 0.793. The molecule has 1 N–H and O–H groups in total. The average molecular weight is 324 g/mol. The van der Waals surface area contributed by atoms with Gasteiger partial charge in [-0.2, -0.15) is 0 Å². The van der Waals surface area contributed by atoms with Crippen LogP contribution in [0.4, 0.5) is 10.5 Å². The fourth-order valence-electron chi connectivity index (χ4n) is 1.99. The highest BCUT2D eigenvalue weighted by Gasteiger charge is 2.08. The average Bonchev–Trinajstić information content (AvgIpc) is 3.06. The molecular weight excluding hydrogens is 308 g/mol. The van der Waals surface area contributed by atoms with Gasteiger partial charge in [0.15, 0.2) is 0 Å². The van der Waals surface area contributed by atoms with Gasteiger partial charge < -0.3 is 10.2 Å². The van der Waals surface area contributed by atoms with Gasteiger partial charge in [0.1, 0.15) is 5.01 Å². The molecule has 0 spiro atoms. The second-order valence-corrected chi connectivity index (χ2v) is 6.03. The summed E-state index contributed by atoms with van der Waals surface area (Å²) in [6.45, 7) is 0. The zero-order valence-electron chi connectivity index (χ0n) is 12.9. The van der Waals surface area contributed by atoms with Crippen molar-refractivity contribution < 1.29 is 4.79 Å². The van der Waals surface area contributed by atoms with Crippen molar-refractivity contribution in [2.45, 2.75) is 0 Å². The summed E-state index contributed by atoms with van der Waals surface area (Å²) in [7, 11) is 3.42. The van der Waals surface area contributed by atoms with Crippen LogP contribution in [0.1, 0.15) is 0 Å². The Morgan fingerprint density at radius 1 is 1.04 bits per heavy atom. The molecule has 0 fully saturated rings. The Balaban J connectivity index is 1.78. The summed E-state index contributed by atoms with van der Waals surface area (Å²) >= 11 is 1.60. The van der Waals surface area contributed by atoms with Crippen molar-refractivity contribution in [1.29, 1.82) is 0 Å². The molecular formula is C17H16N4OS. The van der Waals surface area contributed by atoms with Gasteiger partial charge in [0, 0.05) is 48.7 Å². The maximum atomic E-state index is 11.6. The minimum atomic E-state index is -0.147. The van der Waals surface area contributed by atoms with Crippen LogP contribution in [-0.4, -0.2) is 35.0 Å². The zero-order valence-corrected chi connectivity index (χ0v) is 13.7. The number of rotatable bonds is 3. The number of aromatic nitrogens is 2. The fourth-order valence-corrected chi connectivity index (χ4v) is 2.83. The molecule has 0 radical (unpaired) electrons. The van der Waals surface area contributed by atoms with Crippen LogP contribution in [0.3, 0.4) is 0 Å². The molecule has 2 aromatic heterocycles. The Hall–Kier alpha value is -2.73. The van der Waals surface area contributed by atoms with Crippen molar-refractivity contribution in [2.24, 2.45) is 0 Å². The molecule has 3 rings (SSSR count). The first-order chi connectivity index (χ1) is 11.1. The van der Waals surface area contributed by atoms with E-state index >= 15 is 0 Å². The molecule has 0 bridgehead atoms. The van der Waals surface area contributed by atoms with Crippen molar-refractivity contribution in [2.75, 3.05) is 19.4 Å². The lowest BCUT2D eigenvalue weighted by Crippen LogP contribution is -2.27. The Morgan fingerprint density at radius 2 is 1.74 bits per heavy atom. The van der Waals surface area contributed by atoms with Gasteiger partial charge in [0.05, 0.1) is 5.69 Å². The smallest absolute Gasteiger partial charge is 0.321 e. The number of carbonyl (C=O) groups excluding carboxylic acids is 1. The molecule has 116 valence electrons. The van der Waals surface area contributed by atoms with Crippen molar-refractivity contribution in [1.82, 2.24) is 14.9 Å². The van der Waals surface area contributed by atoms with Crippen LogP contribution >= 0.6 is 11.3 Å². The number of nitrogens with one attached hydrogen (secondary N) is 1. The Morgan fingerprint density at radius 3 is 2.39 bits per heavy atom. The highest BCUT2D eigenvalue weighted by molar-refractivity contribution is 7.13. The van der Waals surface area contributed by atoms with Crippen LogP contribution in [0.25, 0.3) is 21.8 Å². The number of benzene rings is 1. The van der Waals surface area contributed by atoms with E-state index in [0.29, 0.717) is 0 Å². The molecule has 0 aliphatic carbocycles. The van der Waals surface area contributed by atoms with Gasteiger partial charge >= 0.3 is 6.03 Å². The number of hydrogen-bond acceptors (Lipinski definition) is 4. The van der Waals surface area contributed by atoms with Crippen molar-refractivity contribution in [3.8, 4) is 21.8 Å². The summed E-state index contributed by atoms with van der Waals surface area (Å²) in [4.78, 5) is 21.8. The first kappa shape index (κ1) is 15.2. The molecule has 0 saturated heterocycles. The number of thiazole rings is 1. The van der Waals surface area contributed by atoms with Gasteiger partial charge in [-0.05, 0) is 24.3 Å². The number of amides is 2.